The van der Waals surface area contributed by atoms with Crippen molar-refractivity contribution in [2.75, 3.05) is 11.4 Å². The first-order valence-corrected chi connectivity index (χ1v) is 10.4. The van der Waals surface area contributed by atoms with Crippen LogP contribution in [0.4, 0.5) is 5.69 Å². The lowest BCUT2D eigenvalue weighted by atomic mass is 9.88. The molecule has 28 heavy (non-hydrogen) atoms. The summed E-state index contributed by atoms with van der Waals surface area (Å²) in [5, 5.41) is 4.61. The number of anilines is 1. The van der Waals surface area contributed by atoms with Gasteiger partial charge in [0.15, 0.2) is 5.60 Å². The third kappa shape index (κ3) is 3.30. The number of aromatic nitrogens is 1. The fourth-order valence-corrected chi connectivity index (χ4v) is 4.71. The molecule has 1 aliphatic heterocycles. The van der Waals surface area contributed by atoms with Gasteiger partial charge in [-0.25, -0.2) is 0 Å². The maximum Gasteiger partial charge on any atom is 0.270 e. The van der Waals surface area contributed by atoms with Crippen LogP contribution < -0.4 is 9.64 Å². The van der Waals surface area contributed by atoms with Crippen LogP contribution in [-0.2, 0) is 4.79 Å². The molecule has 0 atom stereocenters. The Hall–Kier alpha value is -2.01. The van der Waals surface area contributed by atoms with E-state index in [9.17, 15) is 4.79 Å². The van der Waals surface area contributed by atoms with E-state index < -0.39 is 5.60 Å². The van der Waals surface area contributed by atoms with Gasteiger partial charge < -0.3 is 14.2 Å². The van der Waals surface area contributed by atoms with Gasteiger partial charge in [0.1, 0.15) is 11.5 Å². The third-order valence-electron chi connectivity index (χ3n) is 5.93. The predicted octanol–water partition coefficient (Wildman–Crippen LogP) is 5.70. The number of carbonyl (C=O) groups is 1. The summed E-state index contributed by atoms with van der Waals surface area (Å²) >= 11 is 6.66. The van der Waals surface area contributed by atoms with Crippen LogP contribution in [0.2, 0.25) is 5.02 Å². The second-order valence-corrected chi connectivity index (χ2v) is 8.94. The zero-order chi connectivity index (χ0) is 20.1. The van der Waals surface area contributed by atoms with Crippen molar-refractivity contribution in [1.29, 1.82) is 0 Å². The molecule has 0 unspecified atom stereocenters. The minimum Gasteiger partial charge on any atom is -0.476 e. The fourth-order valence-electron chi connectivity index (χ4n) is 4.46. The van der Waals surface area contributed by atoms with E-state index >= 15 is 0 Å². The maximum absolute atomic E-state index is 13.1. The van der Waals surface area contributed by atoms with E-state index in [1.165, 1.54) is 32.1 Å². The summed E-state index contributed by atoms with van der Waals surface area (Å²) in [6.07, 6.45) is 6.12. The zero-order valence-corrected chi connectivity index (χ0v) is 17.7. The molecule has 1 aliphatic carbocycles. The smallest absolute Gasteiger partial charge is 0.270 e. The minimum absolute atomic E-state index is 0.00766. The second kappa shape index (κ2) is 7.11. The molecule has 0 N–H and O–H groups in total. The van der Waals surface area contributed by atoms with Gasteiger partial charge in [-0.15, -0.1) is 0 Å². The molecule has 0 saturated heterocycles. The van der Waals surface area contributed by atoms with Gasteiger partial charge in [0.2, 0.25) is 0 Å². The van der Waals surface area contributed by atoms with Gasteiger partial charge in [-0.3, -0.25) is 4.79 Å². The molecule has 1 amide bonds. The SMILES string of the molecule is Cc1noc(C)c1-c1cc2c(cc1Cl)N(CC1CCCCC1)C(=O)C(C)(C)O2. The largest absolute Gasteiger partial charge is 0.476 e. The van der Waals surface area contributed by atoms with E-state index in [1.807, 2.05) is 44.7 Å². The number of amides is 1. The summed E-state index contributed by atoms with van der Waals surface area (Å²) in [6, 6.07) is 3.78. The Morgan fingerprint density at radius 1 is 1.21 bits per heavy atom. The van der Waals surface area contributed by atoms with E-state index in [4.69, 9.17) is 20.9 Å². The molecule has 1 aromatic heterocycles. The Labute approximate surface area is 171 Å². The number of carbonyl (C=O) groups excluding carboxylic acids is 1. The van der Waals surface area contributed by atoms with Gasteiger partial charge in [0.25, 0.3) is 5.91 Å². The first kappa shape index (κ1) is 19.3. The first-order valence-electron chi connectivity index (χ1n) is 10.1. The number of fused-ring (bicyclic) bond motifs is 1. The Morgan fingerprint density at radius 2 is 1.93 bits per heavy atom. The summed E-state index contributed by atoms with van der Waals surface area (Å²) in [5.74, 6) is 1.91. The summed E-state index contributed by atoms with van der Waals surface area (Å²) in [6.45, 7) is 8.15. The van der Waals surface area contributed by atoms with Crippen molar-refractivity contribution in [2.45, 2.75) is 65.4 Å². The van der Waals surface area contributed by atoms with E-state index in [0.717, 1.165) is 29.1 Å². The molecule has 2 aromatic rings. The van der Waals surface area contributed by atoms with Crippen molar-refractivity contribution in [1.82, 2.24) is 5.16 Å². The molecule has 6 heteroatoms. The van der Waals surface area contributed by atoms with Gasteiger partial charge in [0.05, 0.1) is 16.4 Å². The minimum atomic E-state index is -0.911. The van der Waals surface area contributed by atoms with Crippen molar-refractivity contribution in [2.24, 2.45) is 5.92 Å². The van der Waals surface area contributed by atoms with Crippen LogP contribution in [0, 0.1) is 19.8 Å². The van der Waals surface area contributed by atoms with E-state index in [-0.39, 0.29) is 5.91 Å². The molecule has 4 rings (SSSR count). The van der Waals surface area contributed by atoms with Crippen LogP contribution in [0.15, 0.2) is 16.7 Å². The van der Waals surface area contributed by atoms with Crippen LogP contribution >= 0.6 is 11.6 Å². The van der Waals surface area contributed by atoms with Crippen LogP contribution in [0.25, 0.3) is 11.1 Å². The van der Waals surface area contributed by atoms with Crippen molar-refractivity contribution in [3.63, 3.8) is 0 Å². The Bertz CT molecular complexity index is 893. The molecule has 1 aromatic carbocycles. The van der Waals surface area contributed by atoms with E-state index in [0.29, 0.717) is 22.5 Å². The molecular weight excluding hydrogens is 376 g/mol. The summed E-state index contributed by atoms with van der Waals surface area (Å²) in [5.41, 5.74) is 2.33. The number of benzene rings is 1. The predicted molar refractivity (Wildman–Crippen MR) is 110 cm³/mol. The van der Waals surface area contributed by atoms with E-state index in [1.54, 1.807) is 0 Å². The highest BCUT2D eigenvalue weighted by Gasteiger charge is 2.42. The van der Waals surface area contributed by atoms with Crippen molar-refractivity contribution < 1.29 is 14.1 Å². The van der Waals surface area contributed by atoms with Crippen LogP contribution in [0.3, 0.4) is 0 Å². The average Bonchev–Trinajstić information content (AvgIpc) is 2.98. The highest BCUT2D eigenvalue weighted by molar-refractivity contribution is 6.34. The van der Waals surface area contributed by atoms with Crippen LogP contribution in [-0.4, -0.2) is 23.2 Å². The van der Waals surface area contributed by atoms with Crippen LogP contribution in [0.1, 0.15) is 57.4 Å². The molecule has 0 spiro atoms. The second-order valence-electron chi connectivity index (χ2n) is 8.53. The summed E-state index contributed by atoms with van der Waals surface area (Å²) < 4.78 is 11.4. The lowest BCUT2D eigenvalue weighted by molar-refractivity contribution is -0.132. The molecule has 5 nitrogen and oxygen atoms in total. The molecule has 1 saturated carbocycles. The lowest BCUT2D eigenvalue weighted by Gasteiger charge is -2.41. The fraction of sp³-hybridized carbons (Fsp3) is 0.545. The Morgan fingerprint density at radius 3 is 2.57 bits per heavy atom. The zero-order valence-electron chi connectivity index (χ0n) is 17.0. The monoisotopic (exact) mass is 402 g/mol. The molecule has 1 fully saturated rings. The highest BCUT2D eigenvalue weighted by Crippen LogP contribution is 2.45. The molecule has 0 radical (unpaired) electrons. The van der Waals surface area contributed by atoms with Gasteiger partial charge in [0, 0.05) is 17.7 Å². The Kier molecular flexibility index (Phi) is 4.90. The van der Waals surface area contributed by atoms with Gasteiger partial charge in [-0.2, -0.15) is 0 Å². The number of hydrogen-bond donors (Lipinski definition) is 0. The van der Waals surface area contributed by atoms with Gasteiger partial charge in [-0.1, -0.05) is 36.0 Å². The van der Waals surface area contributed by atoms with E-state index in [2.05, 4.69) is 5.16 Å². The van der Waals surface area contributed by atoms with Crippen molar-refractivity contribution in [3.8, 4) is 16.9 Å². The molecule has 2 aliphatic rings. The number of rotatable bonds is 3. The van der Waals surface area contributed by atoms with Crippen molar-refractivity contribution in [3.05, 3.63) is 28.6 Å². The molecule has 2 heterocycles. The number of nitrogens with zero attached hydrogens (tertiary/aromatic N) is 2. The Balaban J connectivity index is 1.77. The van der Waals surface area contributed by atoms with Crippen molar-refractivity contribution >= 4 is 23.2 Å². The van der Waals surface area contributed by atoms with Gasteiger partial charge >= 0.3 is 0 Å². The first-order chi connectivity index (χ1) is 13.3. The number of ether oxygens (including phenoxy) is 1. The standard InChI is InChI=1S/C22H27ClN2O3/c1-13-20(14(2)28-24-13)16-10-19-18(11-17(16)23)25(21(26)22(3,4)27-19)12-15-8-6-5-7-9-15/h10-11,15H,5-9,12H2,1-4H3. The number of aryl methyl sites for hydroxylation is 2. The quantitative estimate of drug-likeness (QED) is 0.661. The third-order valence-corrected chi connectivity index (χ3v) is 6.25. The summed E-state index contributed by atoms with van der Waals surface area (Å²) in [7, 11) is 0. The number of halogens is 1. The topological polar surface area (TPSA) is 55.6 Å². The van der Waals surface area contributed by atoms with Crippen LogP contribution in [0.5, 0.6) is 5.75 Å². The molecular formula is C22H27ClN2O3. The maximum atomic E-state index is 13.1. The van der Waals surface area contributed by atoms with Gasteiger partial charge in [-0.05, 0) is 58.6 Å². The highest BCUT2D eigenvalue weighted by atomic mass is 35.5. The average molecular weight is 403 g/mol. The normalized spacial score (nSPS) is 19.5. The molecule has 150 valence electrons. The lowest BCUT2D eigenvalue weighted by Crippen LogP contribution is -2.53. The molecule has 0 bridgehead atoms. The number of hydrogen-bond acceptors (Lipinski definition) is 4. The summed E-state index contributed by atoms with van der Waals surface area (Å²) in [4.78, 5) is 15.0.